The molecule has 1 aromatic carbocycles. The van der Waals surface area contributed by atoms with Crippen molar-refractivity contribution < 1.29 is 0 Å². The maximum absolute atomic E-state index is 4.53. The summed E-state index contributed by atoms with van der Waals surface area (Å²) in [5.74, 6) is 0. The molecule has 0 aliphatic carbocycles. The minimum absolute atomic E-state index is 0.206. The Morgan fingerprint density at radius 2 is 1.90 bits per heavy atom. The fraction of sp³-hybridized carbons (Fsp3) is 0.353. The van der Waals surface area contributed by atoms with E-state index in [4.69, 9.17) is 0 Å². The van der Waals surface area contributed by atoms with E-state index in [2.05, 4.69) is 72.7 Å². The lowest BCUT2D eigenvalue weighted by molar-refractivity contribution is 0.589. The predicted molar refractivity (Wildman–Crippen MR) is 87.8 cm³/mol. The van der Waals surface area contributed by atoms with Gasteiger partial charge in [0, 0.05) is 12.6 Å². The standard InChI is InChI=1S/C17H20N2S/c1-17(2,3)14-8-6-13(7-9-14)15-10-11-18-19(15)16-5-4-12-20-16/h4-9,11-12,15H,10H2,1-3H3. The van der Waals surface area contributed by atoms with Gasteiger partial charge in [-0.25, -0.2) is 5.01 Å². The third kappa shape index (κ3) is 2.50. The van der Waals surface area contributed by atoms with Gasteiger partial charge in [-0.15, -0.1) is 11.3 Å². The first-order valence-electron chi connectivity index (χ1n) is 7.01. The van der Waals surface area contributed by atoms with Gasteiger partial charge < -0.3 is 0 Å². The Balaban J connectivity index is 1.86. The summed E-state index contributed by atoms with van der Waals surface area (Å²) in [7, 11) is 0. The molecule has 1 unspecified atom stereocenters. The van der Waals surface area contributed by atoms with Crippen LogP contribution >= 0.6 is 11.3 Å². The molecule has 0 saturated heterocycles. The van der Waals surface area contributed by atoms with Gasteiger partial charge in [0.2, 0.25) is 0 Å². The molecule has 0 saturated carbocycles. The highest BCUT2D eigenvalue weighted by Gasteiger charge is 2.25. The number of thiophene rings is 1. The highest BCUT2D eigenvalue weighted by molar-refractivity contribution is 7.14. The molecule has 0 fully saturated rings. The van der Waals surface area contributed by atoms with E-state index < -0.39 is 0 Å². The van der Waals surface area contributed by atoms with Crippen molar-refractivity contribution in [3.8, 4) is 0 Å². The van der Waals surface area contributed by atoms with E-state index >= 15 is 0 Å². The molecule has 104 valence electrons. The lowest BCUT2D eigenvalue weighted by Gasteiger charge is -2.24. The van der Waals surface area contributed by atoms with Crippen molar-refractivity contribution in [1.82, 2.24) is 0 Å². The van der Waals surface area contributed by atoms with Gasteiger partial charge >= 0.3 is 0 Å². The SMILES string of the molecule is CC(C)(C)c1ccc(C2CC=NN2c2cccs2)cc1. The van der Waals surface area contributed by atoms with Crippen molar-refractivity contribution in [1.29, 1.82) is 0 Å². The van der Waals surface area contributed by atoms with Crippen LogP contribution in [0.4, 0.5) is 5.00 Å². The lowest BCUT2D eigenvalue weighted by Crippen LogP contribution is -2.18. The zero-order valence-corrected chi connectivity index (χ0v) is 13.0. The molecule has 2 aromatic rings. The highest BCUT2D eigenvalue weighted by atomic mass is 32.1. The predicted octanol–water partition coefficient (Wildman–Crippen LogP) is 4.98. The molecule has 3 rings (SSSR count). The van der Waals surface area contributed by atoms with E-state index in [0.29, 0.717) is 6.04 Å². The molecular formula is C17H20N2S. The summed E-state index contributed by atoms with van der Waals surface area (Å²) in [6.45, 7) is 6.75. The monoisotopic (exact) mass is 284 g/mol. The van der Waals surface area contributed by atoms with Gasteiger partial charge in [-0.3, -0.25) is 0 Å². The Hall–Kier alpha value is -1.61. The number of benzene rings is 1. The Kier molecular flexibility index (Phi) is 3.38. The third-order valence-corrected chi connectivity index (χ3v) is 4.58. The van der Waals surface area contributed by atoms with Crippen LogP contribution in [0.1, 0.15) is 44.4 Å². The first-order chi connectivity index (χ1) is 9.55. The second-order valence-corrected chi connectivity index (χ2v) is 7.14. The van der Waals surface area contributed by atoms with E-state index in [1.807, 2.05) is 6.21 Å². The van der Waals surface area contributed by atoms with Crippen LogP contribution in [0.5, 0.6) is 0 Å². The normalized spacial score (nSPS) is 18.8. The number of rotatable bonds is 2. The summed E-state index contributed by atoms with van der Waals surface area (Å²) in [6, 6.07) is 13.5. The molecular weight excluding hydrogens is 264 g/mol. The molecule has 1 aromatic heterocycles. The summed E-state index contributed by atoms with van der Waals surface area (Å²) in [4.78, 5) is 0. The van der Waals surface area contributed by atoms with Crippen LogP contribution in [0.15, 0.2) is 46.9 Å². The Morgan fingerprint density at radius 1 is 1.15 bits per heavy atom. The van der Waals surface area contributed by atoms with Crippen LogP contribution in [0.3, 0.4) is 0 Å². The molecule has 0 spiro atoms. The zero-order valence-electron chi connectivity index (χ0n) is 12.2. The molecule has 20 heavy (non-hydrogen) atoms. The molecule has 0 amide bonds. The second-order valence-electron chi connectivity index (χ2n) is 6.22. The fourth-order valence-electron chi connectivity index (χ4n) is 2.51. The molecule has 2 nitrogen and oxygen atoms in total. The molecule has 0 radical (unpaired) electrons. The minimum atomic E-state index is 0.206. The van der Waals surface area contributed by atoms with Gasteiger partial charge in [0.25, 0.3) is 0 Å². The molecule has 2 heterocycles. The molecule has 0 bridgehead atoms. The third-order valence-electron chi connectivity index (χ3n) is 3.72. The quantitative estimate of drug-likeness (QED) is 0.759. The van der Waals surface area contributed by atoms with E-state index in [-0.39, 0.29) is 5.41 Å². The molecule has 1 aliphatic rings. The summed E-state index contributed by atoms with van der Waals surface area (Å²) in [5.41, 5.74) is 2.92. The summed E-state index contributed by atoms with van der Waals surface area (Å²) in [6.07, 6.45) is 2.99. The van der Waals surface area contributed by atoms with Gasteiger partial charge in [-0.2, -0.15) is 5.10 Å². The van der Waals surface area contributed by atoms with Crippen molar-refractivity contribution in [2.24, 2.45) is 5.10 Å². The number of hydrogen-bond acceptors (Lipinski definition) is 3. The van der Waals surface area contributed by atoms with Crippen LogP contribution in [0.25, 0.3) is 0 Å². The maximum Gasteiger partial charge on any atom is 0.113 e. The number of hydrogen-bond donors (Lipinski definition) is 0. The Labute approximate surface area is 124 Å². The number of hydrazone groups is 1. The average molecular weight is 284 g/mol. The van der Waals surface area contributed by atoms with E-state index in [0.717, 1.165) is 6.42 Å². The Bertz CT molecular complexity index is 591. The van der Waals surface area contributed by atoms with Gasteiger partial charge in [-0.05, 0) is 34.1 Å². The zero-order chi connectivity index (χ0) is 14.2. The fourth-order valence-corrected chi connectivity index (χ4v) is 3.24. The number of nitrogens with zero attached hydrogens (tertiary/aromatic N) is 2. The van der Waals surface area contributed by atoms with Gasteiger partial charge in [-0.1, -0.05) is 45.0 Å². The summed E-state index contributed by atoms with van der Waals surface area (Å²) in [5, 5.41) is 9.97. The summed E-state index contributed by atoms with van der Waals surface area (Å²) >= 11 is 1.74. The van der Waals surface area contributed by atoms with E-state index in [9.17, 15) is 0 Å². The van der Waals surface area contributed by atoms with Crippen molar-refractivity contribution >= 4 is 22.6 Å². The first-order valence-corrected chi connectivity index (χ1v) is 7.89. The van der Waals surface area contributed by atoms with E-state index in [1.165, 1.54) is 16.1 Å². The van der Waals surface area contributed by atoms with E-state index in [1.54, 1.807) is 11.3 Å². The van der Waals surface area contributed by atoms with Crippen molar-refractivity contribution in [2.45, 2.75) is 38.6 Å². The van der Waals surface area contributed by atoms with Crippen molar-refractivity contribution in [3.05, 3.63) is 52.9 Å². The van der Waals surface area contributed by atoms with Crippen LogP contribution < -0.4 is 5.01 Å². The highest BCUT2D eigenvalue weighted by Crippen LogP contribution is 2.36. The largest absolute Gasteiger partial charge is 0.248 e. The average Bonchev–Trinajstić information content (AvgIpc) is 3.08. The maximum atomic E-state index is 4.53. The molecule has 1 aliphatic heterocycles. The van der Waals surface area contributed by atoms with Crippen LogP contribution in [-0.4, -0.2) is 6.21 Å². The lowest BCUT2D eigenvalue weighted by atomic mass is 9.86. The summed E-state index contributed by atoms with van der Waals surface area (Å²) < 4.78 is 0. The second kappa shape index (κ2) is 5.06. The topological polar surface area (TPSA) is 15.6 Å². The van der Waals surface area contributed by atoms with Crippen molar-refractivity contribution in [3.63, 3.8) is 0 Å². The van der Waals surface area contributed by atoms with Gasteiger partial charge in [0.15, 0.2) is 0 Å². The van der Waals surface area contributed by atoms with Crippen LogP contribution in [0.2, 0.25) is 0 Å². The van der Waals surface area contributed by atoms with Gasteiger partial charge in [0.1, 0.15) is 5.00 Å². The Morgan fingerprint density at radius 3 is 2.50 bits per heavy atom. The van der Waals surface area contributed by atoms with Crippen LogP contribution in [-0.2, 0) is 5.41 Å². The van der Waals surface area contributed by atoms with Gasteiger partial charge in [0.05, 0.1) is 6.04 Å². The molecule has 0 N–H and O–H groups in total. The van der Waals surface area contributed by atoms with Crippen molar-refractivity contribution in [2.75, 3.05) is 5.01 Å². The number of anilines is 1. The molecule has 1 atom stereocenters. The smallest absolute Gasteiger partial charge is 0.113 e. The molecule has 3 heteroatoms. The first kappa shape index (κ1) is 13.4. The minimum Gasteiger partial charge on any atom is -0.248 e. The van der Waals surface area contributed by atoms with Crippen LogP contribution in [0, 0.1) is 0 Å².